The van der Waals surface area contributed by atoms with Gasteiger partial charge in [-0.2, -0.15) is 0 Å². The Morgan fingerprint density at radius 1 is 1.45 bits per heavy atom. The summed E-state index contributed by atoms with van der Waals surface area (Å²) in [5.41, 5.74) is -0.455. The van der Waals surface area contributed by atoms with Crippen molar-refractivity contribution in [2.45, 2.75) is 71.7 Å². The molecule has 0 aliphatic carbocycles. The fraction of sp³-hybridized carbons (Fsp3) is 0.706. The minimum absolute atomic E-state index is 0.111. The number of carbonyl (C=O) groups is 1. The Bertz CT molecular complexity index is 504. The van der Waals surface area contributed by atoms with Gasteiger partial charge >= 0.3 is 6.09 Å². The summed E-state index contributed by atoms with van der Waals surface area (Å²) >= 11 is 0. The van der Waals surface area contributed by atoms with Crippen LogP contribution in [-0.2, 0) is 11.3 Å². The van der Waals surface area contributed by atoms with Crippen molar-refractivity contribution in [2.24, 2.45) is 0 Å². The monoisotopic (exact) mass is 308 g/mol. The van der Waals surface area contributed by atoms with Crippen molar-refractivity contribution in [3.63, 3.8) is 0 Å². The second-order valence-corrected chi connectivity index (χ2v) is 7.06. The van der Waals surface area contributed by atoms with E-state index in [0.29, 0.717) is 6.54 Å². The van der Waals surface area contributed by atoms with E-state index in [-0.39, 0.29) is 18.2 Å². The third-order valence-corrected chi connectivity index (χ3v) is 3.95. The van der Waals surface area contributed by atoms with Crippen LogP contribution in [0.3, 0.4) is 0 Å². The molecular weight excluding hydrogens is 280 g/mol. The van der Waals surface area contributed by atoms with Crippen molar-refractivity contribution in [1.82, 2.24) is 10.2 Å². The van der Waals surface area contributed by atoms with Crippen LogP contribution in [-0.4, -0.2) is 35.2 Å². The zero-order chi connectivity index (χ0) is 16.3. The molecule has 1 N–H and O–H groups in total. The first-order valence-corrected chi connectivity index (χ1v) is 8.04. The van der Waals surface area contributed by atoms with Crippen molar-refractivity contribution < 1.29 is 13.9 Å². The smallest absolute Gasteiger partial charge is 0.410 e. The maximum atomic E-state index is 12.3. The average molecular weight is 308 g/mol. The molecule has 0 saturated carbocycles. The number of amides is 1. The molecule has 2 rings (SSSR count). The molecule has 1 aliphatic heterocycles. The Morgan fingerprint density at radius 3 is 2.77 bits per heavy atom. The Hall–Kier alpha value is -1.49. The number of likely N-dealkylation sites (tertiary alicyclic amines) is 1. The van der Waals surface area contributed by atoms with Crippen LogP contribution in [0.5, 0.6) is 0 Å². The summed E-state index contributed by atoms with van der Waals surface area (Å²) in [6.07, 6.45) is 1.82. The molecule has 22 heavy (non-hydrogen) atoms. The van der Waals surface area contributed by atoms with Gasteiger partial charge in [0.1, 0.15) is 17.1 Å². The van der Waals surface area contributed by atoms with Crippen LogP contribution in [0.25, 0.3) is 0 Å². The maximum Gasteiger partial charge on any atom is 0.410 e. The Labute approximate surface area is 133 Å². The van der Waals surface area contributed by atoms with E-state index in [4.69, 9.17) is 9.15 Å². The van der Waals surface area contributed by atoms with Crippen LogP contribution >= 0.6 is 0 Å². The van der Waals surface area contributed by atoms with Gasteiger partial charge in [-0.25, -0.2) is 4.79 Å². The molecule has 0 radical (unpaired) electrons. The number of nitrogens with zero attached hydrogens (tertiary/aromatic N) is 1. The number of nitrogens with one attached hydrogen (secondary N) is 1. The van der Waals surface area contributed by atoms with Gasteiger partial charge < -0.3 is 19.4 Å². The molecule has 0 spiro atoms. The van der Waals surface area contributed by atoms with Crippen molar-refractivity contribution in [1.29, 1.82) is 0 Å². The summed E-state index contributed by atoms with van der Waals surface area (Å²) in [6, 6.07) is 4.32. The van der Waals surface area contributed by atoms with Crippen molar-refractivity contribution in [3.05, 3.63) is 23.7 Å². The molecule has 2 atom stereocenters. The largest absolute Gasteiger partial charge is 0.465 e. The second-order valence-electron chi connectivity index (χ2n) is 7.06. The Kier molecular flexibility index (Phi) is 5.16. The molecule has 1 aromatic rings. The van der Waals surface area contributed by atoms with Crippen molar-refractivity contribution >= 4 is 6.09 Å². The van der Waals surface area contributed by atoms with Gasteiger partial charge in [-0.3, -0.25) is 0 Å². The quantitative estimate of drug-likeness (QED) is 0.929. The fourth-order valence-electron chi connectivity index (χ4n) is 2.81. The van der Waals surface area contributed by atoms with E-state index in [2.05, 4.69) is 12.2 Å². The normalized spacial score (nSPS) is 22.7. The van der Waals surface area contributed by atoms with Gasteiger partial charge in [-0.1, -0.05) is 0 Å². The van der Waals surface area contributed by atoms with Gasteiger partial charge in [0.25, 0.3) is 0 Å². The lowest BCUT2D eigenvalue weighted by Crippen LogP contribution is -2.55. The van der Waals surface area contributed by atoms with Crippen LogP contribution in [0.15, 0.2) is 16.5 Å². The molecule has 5 nitrogen and oxygen atoms in total. The van der Waals surface area contributed by atoms with Gasteiger partial charge in [-0.15, -0.1) is 0 Å². The minimum Gasteiger partial charge on any atom is -0.465 e. The van der Waals surface area contributed by atoms with Crippen LogP contribution in [0.4, 0.5) is 4.79 Å². The fourth-order valence-corrected chi connectivity index (χ4v) is 2.81. The zero-order valence-electron chi connectivity index (χ0n) is 14.3. The lowest BCUT2D eigenvalue weighted by molar-refractivity contribution is 0.00690. The van der Waals surface area contributed by atoms with Crippen LogP contribution in [0.2, 0.25) is 0 Å². The first-order valence-electron chi connectivity index (χ1n) is 8.04. The number of ether oxygens (including phenoxy) is 1. The molecule has 124 valence electrons. The molecule has 0 aromatic carbocycles. The first kappa shape index (κ1) is 16.9. The maximum absolute atomic E-state index is 12.3. The molecular formula is C17H28N2O3. The number of hydrogen-bond donors (Lipinski definition) is 1. The van der Waals surface area contributed by atoms with E-state index < -0.39 is 5.60 Å². The van der Waals surface area contributed by atoms with E-state index in [1.54, 1.807) is 0 Å². The predicted octanol–water partition coefficient (Wildman–Crippen LogP) is 3.47. The summed E-state index contributed by atoms with van der Waals surface area (Å²) < 4.78 is 11.1. The average Bonchev–Trinajstić information content (AvgIpc) is 2.81. The van der Waals surface area contributed by atoms with Gasteiger partial charge in [-0.05, 0) is 59.6 Å². The highest BCUT2D eigenvalue weighted by molar-refractivity contribution is 5.68. The zero-order valence-corrected chi connectivity index (χ0v) is 14.3. The van der Waals surface area contributed by atoms with Crippen molar-refractivity contribution in [2.75, 3.05) is 6.54 Å². The molecule has 2 heterocycles. The number of rotatable bonds is 3. The molecule has 2 unspecified atom stereocenters. The van der Waals surface area contributed by atoms with Gasteiger partial charge in [0.05, 0.1) is 6.54 Å². The number of furan rings is 1. The molecule has 1 fully saturated rings. The summed E-state index contributed by atoms with van der Waals surface area (Å²) in [6.45, 7) is 11.2. The summed E-state index contributed by atoms with van der Waals surface area (Å²) in [7, 11) is 0. The highest BCUT2D eigenvalue weighted by Gasteiger charge is 2.33. The van der Waals surface area contributed by atoms with Crippen LogP contribution in [0, 0.1) is 6.92 Å². The lowest BCUT2D eigenvalue weighted by atomic mass is 9.98. The highest BCUT2D eigenvalue weighted by Crippen LogP contribution is 2.21. The third-order valence-electron chi connectivity index (χ3n) is 3.95. The molecule has 1 amide bonds. The first-order chi connectivity index (χ1) is 10.3. The predicted molar refractivity (Wildman–Crippen MR) is 85.7 cm³/mol. The Balaban J connectivity index is 1.91. The van der Waals surface area contributed by atoms with E-state index in [1.165, 1.54) is 0 Å². The van der Waals surface area contributed by atoms with Crippen molar-refractivity contribution in [3.8, 4) is 0 Å². The van der Waals surface area contributed by atoms with Gasteiger partial charge in [0.2, 0.25) is 0 Å². The summed E-state index contributed by atoms with van der Waals surface area (Å²) in [5.74, 6) is 1.85. The van der Waals surface area contributed by atoms with E-state index in [1.807, 2.05) is 44.7 Å². The molecule has 0 bridgehead atoms. The standard InChI is InChI=1S/C17H28N2O3/c1-12-8-9-14(21-12)11-18-15-7-6-10-19(13(15)2)16(20)22-17(3,4)5/h8-9,13,15,18H,6-7,10-11H2,1-5H3. The number of hydrogen-bond acceptors (Lipinski definition) is 4. The second kappa shape index (κ2) is 6.73. The highest BCUT2D eigenvalue weighted by atomic mass is 16.6. The van der Waals surface area contributed by atoms with E-state index in [9.17, 15) is 4.79 Å². The van der Waals surface area contributed by atoms with Crippen LogP contribution < -0.4 is 5.32 Å². The lowest BCUT2D eigenvalue weighted by Gasteiger charge is -2.40. The van der Waals surface area contributed by atoms with Gasteiger partial charge in [0, 0.05) is 18.6 Å². The minimum atomic E-state index is -0.455. The third kappa shape index (κ3) is 4.50. The SMILES string of the molecule is Cc1ccc(CNC2CCCN(C(=O)OC(C)(C)C)C2C)o1. The summed E-state index contributed by atoms with van der Waals surface area (Å²) in [5, 5.41) is 3.51. The molecule has 1 aliphatic rings. The number of aryl methyl sites for hydroxylation is 1. The molecule has 1 aromatic heterocycles. The molecule has 1 saturated heterocycles. The van der Waals surface area contributed by atoms with E-state index >= 15 is 0 Å². The topological polar surface area (TPSA) is 54.7 Å². The summed E-state index contributed by atoms with van der Waals surface area (Å²) in [4.78, 5) is 14.1. The number of piperidine rings is 1. The van der Waals surface area contributed by atoms with E-state index in [0.717, 1.165) is 30.9 Å². The Morgan fingerprint density at radius 2 is 2.18 bits per heavy atom. The molecule has 5 heteroatoms. The number of carbonyl (C=O) groups excluding carboxylic acids is 1. The van der Waals surface area contributed by atoms with Crippen LogP contribution in [0.1, 0.15) is 52.1 Å². The van der Waals surface area contributed by atoms with Gasteiger partial charge in [0.15, 0.2) is 0 Å².